The van der Waals surface area contributed by atoms with Crippen molar-refractivity contribution < 1.29 is 13.5 Å². The number of rotatable bonds is 7. The zero-order valence-corrected chi connectivity index (χ0v) is 19.3. The van der Waals surface area contributed by atoms with Crippen molar-refractivity contribution in [2.75, 3.05) is 31.4 Å². The highest BCUT2D eigenvalue weighted by Crippen LogP contribution is 2.34. The molecule has 0 radical (unpaired) electrons. The Morgan fingerprint density at radius 2 is 2.06 bits per heavy atom. The van der Waals surface area contributed by atoms with Gasteiger partial charge in [-0.2, -0.15) is 5.10 Å². The summed E-state index contributed by atoms with van der Waals surface area (Å²) in [5.74, 6) is 0.543. The van der Waals surface area contributed by atoms with Crippen LogP contribution in [0.1, 0.15) is 12.8 Å². The molecule has 0 spiro atoms. The molecule has 0 amide bonds. The van der Waals surface area contributed by atoms with E-state index in [1.54, 1.807) is 35.2 Å². The zero-order chi connectivity index (χ0) is 22.5. The maximum absolute atomic E-state index is 12.2. The summed E-state index contributed by atoms with van der Waals surface area (Å²) in [7, 11) is -1.24. The SMILES string of the molecule is CN1CC(CN2C=C(n3cc(-c4ccc(NS(=O)(=O)C5CC5)cc4Cl)cn3)C=CC2O)C1. The van der Waals surface area contributed by atoms with Crippen molar-refractivity contribution in [2.45, 2.75) is 24.3 Å². The Morgan fingerprint density at radius 1 is 1.28 bits per heavy atom. The van der Waals surface area contributed by atoms with Crippen molar-refractivity contribution in [3.8, 4) is 11.1 Å². The summed E-state index contributed by atoms with van der Waals surface area (Å²) in [6.45, 7) is 2.86. The highest BCUT2D eigenvalue weighted by molar-refractivity contribution is 7.93. The summed E-state index contributed by atoms with van der Waals surface area (Å²) in [6, 6.07) is 5.14. The summed E-state index contributed by atoms with van der Waals surface area (Å²) >= 11 is 6.47. The highest BCUT2D eigenvalue weighted by Gasteiger charge is 2.35. The molecule has 1 aromatic carbocycles. The van der Waals surface area contributed by atoms with Crippen LogP contribution in [-0.2, 0) is 10.0 Å². The van der Waals surface area contributed by atoms with Gasteiger partial charge in [-0.1, -0.05) is 17.7 Å². The van der Waals surface area contributed by atoms with E-state index in [0.717, 1.165) is 36.5 Å². The second-order valence-electron chi connectivity index (χ2n) is 8.83. The molecule has 1 unspecified atom stereocenters. The van der Waals surface area contributed by atoms with E-state index in [1.165, 1.54) is 0 Å². The Kier molecular flexibility index (Phi) is 5.53. The number of hydrogen-bond donors (Lipinski definition) is 2. The van der Waals surface area contributed by atoms with E-state index in [-0.39, 0.29) is 5.25 Å². The number of aromatic nitrogens is 2. The van der Waals surface area contributed by atoms with Gasteiger partial charge in [0.15, 0.2) is 0 Å². The Hall–Kier alpha value is -2.33. The molecule has 1 atom stereocenters. The van der Waals surface area contributed by atoms with E-state index in [4.69, 9.17) is 11.6 Å². The summed E-state index contributed by atoms with van der Waals surface area (Å²) in [6.07, 6.45) is 9.90. The molecule has 32 heavy (non-hydrogen) atoms. The Morgan fingerprint density at radius 3 is 2.75 bits per heavy atom. The Balaban J connectivity index is 1.32. The summed E-state index contributed by atoms with van der Waals surface area (Å²) in [5.41, 5.74) is 2.89. The molecule has 0 bridgehead atoms. The molecule has 1 aromatic heterocycles. The third-order valence-electron chi connectivity index (χ3n) is 6.04. The number of nitrogens with one attached hydrogen (secondary N) is 1. The molecule has 1 aliphatic carbocycles. The van der Waals surface area contributed by atoms with Crippen LogP contribution in [0.5, 0.6) is 0 Å². The first-order valence-corrected chi connectivity index (χ1v) is 12.6. The summed E-state index contributed by atoms with van der Waals surface area (Å²) in [5, 5.41) is 14.9. The molecule has 2 aromatic rings. The van der Waals surface area contributed by atoms with E-state index in [2.05, 4.69) is 21.8 Å². The number of aliphatic hydroxyl groups excluding tert-OH is 1. The number of aliphatic hydroxyl groups is 1. The number of hydrogen-bond acceptors (Lipinski definition) is 6. The van der Waals surface area contributed by atoms with E-state index < -0.39 is 16.3 Å². The molecule has 2 N–H and O–H groups in total. The van der Waals surface area contributed by atoms with Crippen molar-refractivity contribution in [1.82, 2.24) is 19.6 Å². The average molecular weight is 476 g/mol. The summed E-state index contributed by atoms with van der Waals surface area (Å²) < 4.78 is 28.7. The Bertz CT molecular complexity index is 1180. The molecule has 170 valence electrons. The number of likely N-dealkylation sites (tertiary alicyclic amines) is 1. The molecule has 2 fully saturated rings. The fourth-order valence-corrected chi connectivity index (χ4v) is 5.83. The van der Waals surface area contributed by atoms with Gasteiger partial charge < -0.3 is 14.9 Å². The minimum absolute atomic E-state index is 0.292. The lowest BCUT2D eigenvalue weighted by Gasteiger charge is -2.40. The van der Waals surface area contributed by atoms with Crippen LogP contribution < -0.4 is 4.72 Å². The minimum Gasteiger partial charge on any atom is -0.370 e. The molecule has 1 saturated heterocycles. The van der Waals surface area contributed by atoms with E-state index in [0.29, 0.717) is 29.5 Å². The number of nitrogens with zero attached hydrogens (tertiary/aromatic N) is 4. The van der Waals surface area contributed by atoms with Crippen LogP contribution in [0, 0.1) is 5.92 Å². The van der Waals surface area contributed by atoms with Crippen LogP contribution in [0.25, 0.3) is 16.8 Å². The first-order valence-electron chi connectivity index (χ1n) is 10.7. The van der Waals surface area contributed by atoms with Gasteiger partial charge in [0.25, 0.3) is 0 Å². The minimum atomic E-state index is -3.33. The van der Waals surface area contributed by atoms with Gasteiger partial charge in [-0.3, -0.25) is 4.72 Å². The second kappa shape index (κ2) is 8.22. The smallest absolute Gasteiger partial charge is 0.235 e. The number of sulfonamides is 1. The molecule has 3 heterocycles. The van der Waals surface area contributed by atoms with Gasteiger partial charge in [0.1, 0.15) is 6.23 Å². The topological polar surface area (TPSA) is 90.7 Å². The standard InChI is InChI=1S/C22H26ClN5O3S/c1-26-10-15(11-26)12-27-14-18(3-7-22(27)29)28-13-16(9-24-28)20-6-2-17(8-21(20)23)25-32(30,31)19-4-5-19/h2-3,6-9,13-15,19,22,25,29H,4-5,10-12H2,1H3. The number of halogens is 1. The van der Waals surface area contributed by atoms with Crippen LogP contribution in [0.15, 0.2) is 48.9 Å². The quantitative estimate of drug-likeness (QED) is 0.639. The molecule has 3 aliphatic rings. The van der Waals surface area contributed by atoms with Crippen LogP contribution in [0.3, 0.4) is 0 Å². The van der Waals surface area contributed by atoms with Crippen molar-refractivity contribution in [2.24, 2.45) is 5.92 Å². The molecule has 8 nitrogen and oxygen atoms in total. The molecular weight excluding hydrogens is 450 g/mol. The van der Waals surface area contributed by atoms with Gasteiger partial charge >= 0.3 is 0 Å². The number of allylic oxidation sites excluding steroid dienone is 2. The predicted molar refractivity (Wildman–Crippen MR) is 125 cm³/mol. The van der Waals surface area contributed by atoms with Crippen LogP contribution in [0.4, 0.5) is 5.69 Å². The third-order valence-corrected chi connectivity index (χ3v) is 8.22. The molecule has 1 saturated carbocycles. The lowest BCUT2D eigenvalue weighted by molar-refractivity contribution is 0.0326. The monoisotopic (exact) mass is 475 g/mol. The molecule has 2 aliphatic heterocycles. The van der Waals surface area contributed by atoms with Gasteiger partial charge in [-0.05, 0) is 44.2 Å². The van der Waals surface area contributed by atoms with Crippen molar-refractivity contribution >= 4 is 33.0 Å². The largest absolute Gasteiger partial charge is 0.370 e. The highest BCUT2D eigenvalue weighted by atomic mass is 35.5. The fraction of sp³-hybridized carbons (Fsp3) is 0.409. The zero-order valence-electron chi connectivity index (χ0n) is 17.7. The van der Waals surface area contributed by atoms with Crippen molar-refractivity contribution in [3.63, 3.8) is 0 Å². The van der Waals surface area contributed by atoms with Gasteiger partial charge in [-0.15, -0.1) is 0 Å². The summed E-state index contributed by atoms with van der Waals surface area (Å²) in [4.78, 5) is 4.19. The van der Waals surface area contributed by atoms with Crippen molar-refractivity contribution in [3.05, 3.63) is 54.0 Å². The normalized spacial score (nSPS) is 22.0. The third kappa shape index (κ3) is 4.43. The van der Waals surface area contributed by atoms with Gasteiger partial charge in [0, 0.05) is 54.8 Å². The van der Waals surface area contributed by atoms with Crippen LogP contribution in [0.2, 0.25) is 5.02 Å². The first kappa shape index (κ1) is 21.5. The molecular formula is C22H26ClN5O3S. The van der Waals surface area contributed by atoms with Crippen molar-refractivity contribution in [1.29, 1.82) is 0 Å². The maximum atomic E-state index is 12.2. The second-order valence-corrected chi connectivity index (χ2v) is 11.2. The fourth-order valence-electron chi connectivity index (χ4n) is 4.16. The van der Waals surface area contributed by atoms with E-state index >= 15 is 0 Å². The lowest BCUT2D eigenvalue weighted by Crippen LogP contribution is -2.50. The van der Waals surface area contributed by atoms with E-state index in [9.17, 15) is 13.5 Å². The number of benzene rings is 1. The average Bonchev–Trinajstić information content (AvgIpc) is 3.48. The number of anilines is 1. The maximum Gasteiger partial charge on any atom is 0.235 e. The van der Waals surface area contributed by atoms with Gasteiger partial charge in [-0.25, -0.2) is 13.1 Å². The van der Waals surface area contributed by atoms with Crippen LogP contribution in [-0.4, -0.2) is 71.3 Å². The predicted octanol–water partition coefficient (Wildman–Crippen LogP) is 2.66. The van der Waals surface area contributed by atoms with E-state index in [1.807, 2.05) is 23.4 Å². The molecule has 5 rings (SSSR count). The Labute approximate surface area is 192 Å². The molecule has 10 heteroatoms. The first-order chi connectivity index (χ1) is 15.3. The lowest BCUT2D eigenvalue weighted by atomic mass is 10.0. The van der Waals surface area contributed by atoms with Crippen LogP contribution >= 0.6 is 11.6 Å². The van der Waals surface area contributed by atoms with Gasteiger partial charge in [0.2, 0.25) is 10.0 Å². The van der Waals surface area contributed by atoms with Gasteiger partial charge in [0.05, 0.1) is 22.2 Å².